The highest BCUT2D eigenvalue weighted by Gasteiger charge is 2.31. The van der Waals surface area contributed by atoms with Gasteiger partial charge in [0.15, 0.2) is 0 Å². The van der Waals surface area contributed by atoms with Crippen molar-refractivity contribution in [2.45, 2.75) is 90.6 Å². The Labute approximate surface area is 217 Å². The Morgan fingerprint density at radius 2 is 1.89 bits per heavy atom. The first kappa shape index (κ1) is 28.3. The Bertz CT molecular complexity index is 1050. The molecule has 2 heterocycles. The van der Waals surface area contributed by atoms with E-state index in [9.17, 15) is 25.2 Å². The van der Waals surface area contributed by atoms with E-state index >= 15 is 0 Å². The monoisotopic (exact) mass is 517 g/mol. The lowest BCUT2D eigenvalue weighted by Crippen LogP contribution is -2.30. The van der Waals surface area contributed by atoms with E-state index in [4.69, 9.17) is 4.74 Å². The van der Waals surface area contributed by atoms with Crippen LogP contribution < -0.4 is 0 Å². The van der Waals surface area contributed by atoms with Gasteiger partial charge >= 0.3 is 5.97 Å². The van der Waals surface area contributed by atoms with E-state index in [1.165, 1.54) is 11.3 Å². The van der Waals surface area contributed by atoms with Gasteiger partial charge in [0.1, 0.15) is 17.4 Å². The molecule has 8 heteroatoms. The molecule has 0 amide bonds. The number of hydrogen-bond acceptors (Lipinski definition) is 8. The summed E-state index contributed by atoms with van der Waals surface area (Å²) >= 11 is 1.42. The van der Waals surface area contributed by atoms with Crippen molar-refractivity contribution in [3.63, 3.8) is 0 Å². The summed E-state index contributed by atoms with van der Waals surface area (Å²) in [7, 11) is 0. The average Bonchev–Trinajstić information content (AvgIpc) is 3.30. The van der Waals surface area contributed by atoms with Gasteiger partial charge in [-0.25, -0.2) is 9.78 Å². The van der Waals surface area contributed by atoms with Gasteiger partial charge in [-0.05, 0) is 36.0 Å². The average molecular weight is 518 g/mol. The minimum atomic E-state index is -0.835. The fraction of sp³-hybridized carbons (Fsp3) is 0.571. The lowest BCUT2D eigenvalue weighted by atomic mass is 9.90. The van der Waals surface area contributed by atoms with Gasteiger partial charge in [0.05, 0.1) is 29.0 Å². The number of aromatic hydroxyl groups is 1. The van der Waals surface area contributed by atoms with Crippen LogP contribution in [0.1, 0.15) is 79.1 Å². The fourth-order valence-electron chi connectivity index (χ4n) is 4.43. The zero-order chi connectivity index (χ0) is 26.4. The van der Waals surface area contributed by atoms with Crippen LogP contribution >= 0.6 is 11.3 Å². The number of rotatable bonds is 12. The van der Waals surface area contributed by atoms with Crippen molar-refractivity contribution < 1.29 is 30.0 Å². The number of fused-ring (bicyclic) bond motifs is 1. The molecule has 0 fully saturated rings. The van der Waals surface area contributed by atoms with E-state index in [1.54, 1.807) is 12.2 Å². The van der Waals surface area contributed by atoms with Gasteiger partial charge in [-0.3, -0.25) is 0 Å². The normalized spacial score (nSPS) is 20.0. The van der Waals surface area contributed by atoms with Crippen LogP contribution in [-0.4, -0.2) is 55.8 Å². The van der Waals surface area contributed by atoms with Crippen molar-refractivity contribution in [1.29, 1.82) is 0 Å². The SMILES string of the molecule is CC[C@H](C)Cc1ccc2c(c1O)C(=O)O[C@H](C[C@H](O)/C=C/c1csc(C[C@H](O)[C@H](C)[C@H](O)CC)n1)C2. The van der Waals surface area contributed by atoms with Gasteiger partial charge in [0.25, 0.3) is 0 Å². The molecule has 6 atom stereocenters. The molecule has 0 unspecified atom stereocenters. The minimum Gasteiger partial charge on any atom is -0.507 e. The molecule has 0 bridgehead atoms. The molecule has 36 heavy (non-hydrogen) atoms. The molecule has 0 saturated heterocycles. The van der Waals surface area contributed by atoms with Crippen molar-refractivity contribution in [2.75, 3.05) is 0 Å². The molecule has 7 nitrogen and oxygen atoms in total. The number of carbonyl (C=O) groups excluding carboxylic acids is 1. The highest BCUT2D eigenvalue weighted by Crippen LogP contribution is 2.34. The summed E-state index contributed by atoms with van der Waals surface area (Å²) < 4.78 is 5.55. The molecule has 2 aromatic rings. The van der Waals surface area contributed by atoms with E-state index in [0.29, 0.717) is 37.3 Å². The predicted molar refractivity (Wildman–Crippen MR) is 141 cm³/mol. The number of thiazole rings is 1. The number of phenolic OH excluding ortho intramolecular Hbond substituents is 1. The summed E-state index contributed by atoms with van der Waals surface area (Å²) in [6, 6.07) is 3.76. The van der Waals surface area contributed by atoms with E-state index in [1.807, 2.05) is 31.4 Å². The first-order valence-electron chi connectivity index (χ1n) is 12.8. The summed E-state index contributed by atoms with van der Waals surface area (Å²) in [5.74, 6) is -0.373. The molecule has 0 saturated carbocycles. The maximum absolute atomic E-state index is 12.7. The molecule has 1 aliphatic heterocycles. The van der Waals surface area contributed by atoms with Crippen LogP contribution in [0.2, 0.25) is 0 Å². The number of hydrogen-bond donors (Lipinski definition) is 4. The third-order valence-electron chi connectivity index (χ3n) is 7.12. The molecule has 1 aromatic carbocycles. The molecule has 1 aromatic heterocycles. The number of ether oxygens (including phenoxy) is 1. The van der Waals surface area contributed by atoms with Crippen molar-refractivity contribution in [3.05, 3.63) is 51.0 Å². The topological polar surface area (TPSA) is 120 Å². The van der Waals surface area contributed by atoms with Gasteiger partial charge in [-0.15, -0.1) is 11.3 Å². The number of cyclic esters (lactones) is 1. The Morgan fingerprint density at radius 3 is 2.58 bits per heavy atom. The Kier molecular flexibility index (Phi) is 10.1. The maximum Gasteiger partial charge on any atom is 0.342 e. The van der Waals surface area contributed by atoms with E-state index in [2.05, 4.69) is 18.8 Å². The third-order valence-corrected chi connectivity index (χ3v) is 8.01. The second-order valence-electron chi connectivity index (χ2n) is 9.99. The smallest absolute Gasteiger partial charge is 0.342 e. The van der Waals surface area contributed by atoms with Crippen molar-refractivity contribution in [2.24, 2.45) is 11.8 Å². The Hall–Kier alpha value is -2.26. The van der Waals surface area contributed by atoms with Crippen LogP contribution in [0.3, 0.4) is 0 Å². The second-order valence-corrected chi connectivity index (χ2v) is 10.9. The number of aliphatic hydroxyl groups excluding tert-OH is 3. The largest absolute Gasteiger partial charge is 0.507 e. The molecule has 0 radical (unpaired) electrons. The highest BCUT2D eigenvalue weighted by atomic mass is 32.1. The van der Waals surface area contributed by atoms with Gasteiger partial charge in [-0.2, -0.15) is 0 Å². The van der Waals surface area contributed by atoms with Gasteiger partial charge in [-0.1, -0.05) is 52.3 Å². The summed E-state index contributed by atoms with van der Waals surface area (Å²) in [5, 5.41) is 44.1. The molecule has 3 rings (SSSR count). The third kappa shape index (κ3) is 7.16. The molecule has 4 N–H and O–H groups in total. The predicted octanol–water partition coefficient (Wildman–Crippen LogP) is 4.29. The quantitative estimate of drug-likeness (QED) is 0.310. The first-order chi connectivity index (χ1) is 17.1. The lowest BCUT2D eigenvalue weighted by molar-refractivity contribution is 0.0145. The zero-order valence-corrected chi connectivity index (χ0v) is 22.4. The molecule has 0 aliphatic carbocycles. The molecule has 0 spiro atoms. The summed E-state index contributed by atoms with van der Waals surface area (Å²) in [5.41, 5.74) is 2.42. The Morgan fingerprint density at radius 1 is 1.14 bits per heavy atom. The minimum absolute atomic E-state index is 0.0137. The summed E-state index contributed by atoms with van der Waals surface area (Å²) in [6.07, 6.45) is 4.09. The Balaban J connectivity index is 1.57. The zero-order valence-electron chi connectivity index (χ0n) is 21.6. The van der Waals surface area contributed by atoms with Crippen LogP contribution in [0.25, 0.3) is 6.08 Å². The molecular formula is C28H39NO6S. The van der Waals surface area contributed by atoms with Crippen molar-refractivity contribution in [3.8, 4) is 5.75 Å². The number of nitrogens with zero attached hydrogens (tertiary/aromatic N) is 1. The van der Waals surface area contributed by atoms with E-state index < -0.39 is 30.4 Å². The van der Waals surface area contributed by atoms with Crippen LogP contribution in [0.15, 0.2) is 23.6 Å². The van der Waals surface area contributed by atoms with Crippen LogP contribution in [0, 0.1) is 11.8 Å². The van der Waals surface area contributed by atoms with E-state index in [0.717, 1.165) is 22.6 Å². The lowest BCUT2D eigenvalue weighted by Gasteiger charge is -2.27. The van der Waals surface area contributed by atoms with Gasteiger partial charge in [0, 0.05) is 30.6 Å². The summed E-state index contributed by atoms with van der Waals surface area (Å²) in [4.78, 5) is 17.1. The molecule has 1 aliphatic rings. The van der Waals surface area contributed by atoms with Gasteiger partial charge in [0.2, 0.25) is 0 Å². The maximum atomic E-state index is 12.7. The number of phenols is 1. The number of benzene rings is 1. The fourth-order valence-corrected chi connectivity index (χ4v) is 5.25. The van der Waals surface area contributed by atoms with Crippen LogP contribution in [0.4, 0.5) is 0 Å². The number of carbonyl (C=O) groups is 1. The molecule has 198 valence electrons. The number of aromatic nitrogens is 1. The van der Waals surface area contributed by atoms with Crippen molar-refractivity contribution >= 4 is 23.4 Å². The summed E-state index contributed by atoms with van der Waals surface area (Å²) in [6.45, 7) is 7.91. The number of aliphatic hydroxyl groups is 3. The highest BCUT2D eigenvalue weighted by molar-refractivity contribution is 7.09. The van der Waals surface area contributed by atoms with Crippen LogP contribution in [-0.2, 0) is 24.0 Å². The first-order valence-corrected chi connectivity index (χ1v) is 13.7. The van der Waals surface area contributed by atoms with E-state index in [-0.39, 0.29) is 23.7 Å². The molecular weight excluding hydrogens is 478 g/mol. The van der Waals surface area contributed by atoms with Crippen LogP contribution in [0.5, 0.6) is 5.75 Å². The van der Waals surface area contributed by atoms with Crippen molar-refractivity contribution in [1.82, 2.24) is 4.98 Å². The second kappa shape index (κ2) is 12.8. The van der Waals surface area contributed by atoms with Gasteiger partial charge < -0.3 is 25.2 Å². The standard InChI is InChI=1S/C28H39NO6S/c1-5-16(3)11-19-8-7-18-12-22(35-28(34)26(18)27(19)33)13-21(30)10-9-20-15-36-25(29-20)14-24(32)17(4)23(31)6-2/h7-10,15-17,21-24,30-33H,5-6,11-14H2,1-4H3/b10-9+/t16-,17+,21+,22-,23+,24-/m0/s1. The number of esters is 1.